The Hall–Kier alpha value is -0.970. The van der Waals surface area contributed by atoms with Crippen LogP contribution < -0.4 is 5.32 Å². The van der Waals surface area contributed by atoms with Gasteiger partial charge in [0.05, 0.1) is 6.04 Å². The van der Waals surface area contributed by atoms with Gasteiger partial charge in [0.15, 0.2) is 0 Å². The molecule has 0 heterocycles. The molecule has 0 aromatic heterocycles. The highest BCUT2D eigenvalue weighted by Gasteiger charge is 2.12. The van der Waals surface area contributed by atoms with Gasteiger partial charge < -0.3 is 5.32 Å². The molecule has 0 saturated carbocycles. The second-order valence-corrected chi connectivity index (χ2v) is 3.09. The number of hydrogen-bond donors (Lipinski definition) is 1. The van der Waals surface area contributed by atoms with Crippen LogP contribution in [0.25, 0.3) is 0 Å². The maximum Gasteiger partial charge on any atom is 0.223 e. The zero-order valence-electron chi connectivity index (χ0n) is 8.05. The molecule has 0 aliphatic heterocycles. The third kappa shape index (κ3) is 4.02. The Morgan fingerprint density at radius 2 is 2.17 bits per heavy atom. The fourth-order valence-electron chi connectivity index (χ4n) is 0.961. The Bertz CT molecular complexity index is 181. The molecule has 2 nitrogen and oxygen atoms in total. The van der Waals surface area contributed by atoms with E-state index in [1.165, 1.54) is 0 Å². The van der Waals surface area contributed by atoms with E-state index in [0.29, 0.717) is 0 Å². The molecule has 2 atom stereocenters. The quantitative estimate of drug-likeness (QED) is 0.632. The maximum atomic E-state index is 11.3. The van der Waals surface area contributed by atoms with Gasteiger partial charge in [-0.1, -0.05) is 26.2 Å². The summed E-state index contributed by atoms with van der Waals surface area (Å²) in [6.07, 6.45) is 7.08. The highest BCUT2D eigenvalue weighted by atomic mass is 16.1. The zero-order chi connectivity index (χ0) is 9.56. The van der Waals surface area contributed by atoms with Gasteiger partial charge in [0.25, 0.3) is 0 Å². The van der Waals surface area contributed by atoms with Gasteiger partial charge in [0, 0.05) is 5.92 Å². The van der Waals surface area contributed by atoms with E-state index in [1.807, 2.05) is 6.92 Å². The van der Waals surface area contributed by atoms with Crippen molar-refractivity contribution in [3.05, 3.63) is 0 Å². The third-order valence-corrected chi connectivity index (χ3v) is 1.78. The first-order chi connectivity index (χ1) is 5.61. The average molecular weight is 167 g/mol. The van der Waals surface area contributed by atoms with Crippen LogP contribution in [-0.2, 0) is 4.79 Å². The van der Waals surface area contributed by atoms with Crippen molar-refractivity contribution < 1.29 is 4.79 Å². The van der Waals surface area contributed by atoms with E-state index in [0.717, 1.165) is 12.8 Å². The minimum Gasteiger partial charge on any atom is -0.343 e. The lowest BCUT2D eigenvalue weighted by atomic mass is 10.1. The van der Waals surface area contributed by atoms with Crippen LogP contribution >= 0.6 is 0 Å². The number of terminal acetylenes is 1. The second-order valence-electron chi connectivity index (χ2n) is 3.09. The molecular formula is C10H17NO. The monoisotopic (exact) mass is 167 g/mol. The zero-order valence-corrected chi connectivity index (χ0v) is 8.05. The van der Waals surface area contributed by atoms with Crippen LogP contribution in [0.3, 0.4) is 0 Å². The maximum absolute atomic E-state index is 11.3. The SMILES string of the molecule is C#CC(C)NC(=O)C(C)CCC. The molecule has 68 valence electrons. The summed E-state index contributed by atoms with van der Waals surface area (Å²) in [7, 11) is 0. The number of carbonyl (C=O) groups is 1. The average Bonchev–Trinajstić information content (AvgIpc) is 2.04. The number of hydrogen-bond acceptors (Lipinski definition) is 1. The number of carbonyl (C=O) groups excluding carboxylic acids is 1. The van der Waals surface area contributed by atoms with Crippen LogP contribution in [0.4, 0.5) is 0 Å². The topological polar surface area (TPSA) is 29.1 Å². The molecule has 0 fully saturated rings. The molecule has 0 aliphatic carbocycles. The lowest BCUT2D eigenvalue weighted by molar-refractivity contribution is -0.124. The Balaban J connectivity index is 3.80. The van der Waals surface area contributed by atoms with Crippen LogP contribution in [0, 0.1) is 18.3 Å². The van der Waals surface area contributed by atoms with Crippen LogP contribution in [0.2, 0.25) is 0 Å². The molecule has 0 saturated heterocycles. The van der Waals surface area contributed by atoms with Gasteiger partial charge >= 0.3 is 0 Å². The van der Waals surface area contributed by atoms with Crippen molar-refractivity contribution >= 4 is 5.91 Å². The van der Waals surface area contributed by atoms with E-state index in [1.54, 1.807) is 6.92 Å². The van der Waals surface area contributed by atoms with E-state index in [-0.39, 0.29) is 17.9 Å². The molecule has 0 aliphatic rings. The first-order valence-electron chi connectivity index (χ1n) is 4.38. The van der Waals surface area contributed by atoms with Crippen LogP contribution in [0.1, 0.15) is 33.6 Å². The fourth-order valence-corrected chi connectivity index (χ4v) is 0.961. The molecule has 2 unspecified atom stereocenters. The summed E-state index contributed by atoms with van der Waals surface area (Å²) in [5, 5.41) is 2.74. The summed E-state index contributed by atoms with van der Waals surface area (Å²) >= 11 is 0. The molecule has 12 heavy (non-hydrogen) atoms. The Labute approximate surface area is 74.7 Å². The minimum atomic E-state index is -0.156. The molecular weight excluding hydrogens is 150 g/mol. The molecule has 0 bridgehead atoms. The van der Waals surface area contributed by atoms with Crippen molar-refractivity contribution in [2.75, 3.05) is 0 Å². The molecule has 0 aromatic carbocycles. The summed E-state index contributed by atoms with van der Waals surface area (Å²) in [4.78, 5) is 11.3. The summed E-state index contributed by atoms with van der Waals surface area (Å²) in [5.74, 6) is 2.59. The van der Waals surface area contributed by atoms with Crippen molar-refractivity contribution in [3.8, 4) is 12.3 Å². The molecule has 0 aromatic rings. The highest BCUT2D eigenvalue weighted by Crippen LogP contribution is 2.04. The lowest BCUT2D eigenvalue weighted by Gasteiger charge is -2.12. The van der Waals surface area contributed by atoms with Crippen molar-refractivity contribution in [2.24, 2.45) is 5.92 Å². The van der Waals surface area contributed by atoms with Crippen LogP contribution in [0.5, 0.6) is 0 Å². The third-order valence-electron chi connectivity index (χ3n) is 1.78. The van der Waals surface area contributed by atoms with E-state index in [4.69, 9.17) is 6.42 Å². The van der Waals surface area contributed by atoms with Gasteiger partial charge in [-0.3, -0.25) is 4.79 Å². The predicted octanol–water partition coefficient (Wildman–Crippen LogP) is 1.56. The molecule has 1 amide bonds. The fraction of sp³-hybridized carbons (Fsp3) is 0.700. The van der Waals surface area contributed by atoms with Crippen molar-refractivity contribution in [3.63, 3.8) is 0 Å². The molecule has 0 radical (unpaired) electrons. The van der Waals surface area contributed by atoms with Crippen molar-refractivity contribution in [2.45, 2.75) is 39.7 Å². The summed E-state index contributed by atoms with van der Waals surface area (Å²) in [6.45, 7) is 5.78. The number of nitrogens with one attached hydrogen (secondary N) is 1. The normalized spacial score (nSPS) is 14.5. The lowest BCUT2D eigenvalue weighted by Crippen LogP contribution is -2.35. The van der Waals surface area contributed by atoms with Gasteiger partial charge in [-0.25, -0.2) is 0 Å². The van der Waals surface area contributed by atoms with Gasteiger partial charge in [0.1, 0.15) is 0 Å². The highest BCUT2D eigenvalue weighted by molar-refractivity contribution is 5.78. The molecule has 0 spiro atoms. The van der Waals surface area contributed by atoms with E-state index < -0.39 is 0 Å². The van der Waals surface area contributed by atoms with E-state index in [9.17, 15) is 4.79 Å². The van der Waals surface area contributed by atoms with Crippen LogP contribution in [-0.4, -0.2) is 11.9 Å². The number of amides is 1. The van der Waals surface area contributed by atoms with Gasteiger partial charge in [-0.15, -0.1) is 6.42 Å². The van der Waals surface area contributed by atoms with Crippen molar-refractivity contribution in [1.82, 2.24) is 5.32 Å². The summed E-state index contributed by atoms with van der Waals surface area (Å²) in [6, 6.07) is -0.156. The standard InChI is InChI=1S/C10H17NO/c1-5-7-8(3)10(12)11-9(4)6-2/h2,8-9H,5,7H2,1,3-4H3,(H,11,12). The first kappa shape index (κ1) is 11.0. The largest absolute Gasteiger partial charge is 0.343 e. The summed E-state index contributed by atoms with van der Waals surface area (Å²) in [5.41, 5.74) is 0. The van der Waals surface area contributed by atoms with Crippen LogP contribution in [0.15, 0.2) is 0 Å². The van der Waals surface area contributed by atoms with Gasteiger partial charge in [0.2, 0.25) is 5.91 Å². The summed E-state index contributed by atoms with van der Waals surface area (Å²) < 4.78 is 0. The minimum absolute atomic E-state index is 0.0577. The van der Waals surface area contributed by atoms with Crippen molar-refractivity contribution in [1.29, 1.82) is 0 Å². The van der Waals surface area contributed by atoms with Gasteiger partial charge in [-0.2, -0.15) is 0 Å². The molecule has 0 rings (SSSR count). The number of rotatable bonds is 4. The molecule has 2 heteroatoms. The Morgan fingerprint density at radius 1 is 1.58 bits per heavy atom. The van der Waals surface area contributed by atoms with E-state index in [2.05, 4.69) is 18.2 Å². The first-order valence-corrected chi connectivity index (χ1v) is 4.38. The second kappa shape index (κ2) is 5.65. The Morgan fingerprint density at radius 3 is 2.58 bits per heavy atom. The smallest absolute Gasteiger partial charge is 0.223 e. The predicted molar refractivity (Wildman–Crippen MR) is 50.5 cm³/mol. The van der Waals surface area contributed by atoms with Gasteiger partial charge in [-0.05, 0) is 13.3 Å². The Kier molecular flexibility index (Phi) is 5.19. The van der Waals surface area contributed by atoms with E-state index >= 15 is 0 Å². The molecule has 1 N–H and O–H groups in total.